The first-order valence-electron chi connectivity index (χ1n) is 17.4. The van der Waals surface area contributed by atoms with Crippen molar-refractivity contribution in [2.75, 3.05) is 10.6 Å². The lowest BCUT2D eigenvalue weighted by atomic mass is 9.86. The molecule has 9 nitrogen and oxygen atoms in total. The minimum absolute atomic E-state index is 0.0727. The Labute approximate surface area is 307 Å². The summed E-state index contributed by atoms with van der Waals surface area (Å²) >= 11 is 0. The molecule has 0 radical (unpaired) electrons. The van der Waals surface area contributed by atoms with Gasteiger partial charge in [0.1, 0.15) is 30.6 Å². The molecule has 4 aromatic heterocycles. The number of benzene rings is 4. The van der Waals surface area contributed by atoms with Crippen molar-refractivity contribution < 1.29 is 4.79 Å². The van der Waals surface area contributed by atoms with Crippen LogP contribution < -0.4 is 10.6 Å². The number of rotatable bonds is 9. The largest absolute Gasteiger partial charge is 0.340 e. The van der Waals surface area contributed by atoms with E-state index < -0.39 is 5.92 Å². The van der Waals surface area contributed by atoms with Crippen molar-refractivity contribution in [2.24, 2.45) is 0 Å². The second-order valence-electron chi connectivity index (χ2n) is 13.9. The summed E-state index contributed by atoms with van der Waals surface area (Å²) in [5.41, 5.74) is 8.13. The number of aldehydes is 1. The van der Waals surface area contributed by atoms with Crippen LogP contribution in [-0.4, -0.2) is 36.2 Å². The summed E-state index contributed by atoms with van der Waals surface area (Å²) in [4.78, 5) is 39.7. The van der Waals surface area contributed by atoms with Crippen LogP contribution in [0.15, 0.2) is 140 Å². The maximum absolute atomic E-state index is 12.7. The average molecular weight is 693 g/mol. The van der Waals surface area contributed by atoms with Crippen molar-refractivity contribution in [1.82, 2.24) is 29.9 Å². The second-order valence-corrected chi connectivity index (χ2v) is 13.9. The molecule has 53 heavy (non-hydrogen) atoms. The summed E-state index contributed by atoms with van der Waals surface area (Å²) < 4.78 is 0. The van der Waals surface area contributed by atoms with Crippen LogP contribution in [0.1, 0.15) is 43.5 Å². The van der Waals surface area contributed by atoms with Crippen molar-refractivity contribution >= 4 is 50.8 Å². The number of nitrogens with zero attached hydrogens (tertiary/aromatic N) is 6. The molecule has 0 aliphatic rings. The van der Waals surface area contributed by atoms with Gasteiger partial charge in [0.05, 0.1) is 23.0 Å². The molecule has 1 unspecified atom stereocenters. The predicted octanol–water partition coefficient (Wildman–Crippen LogP) is 9.81. The summed E-state index contributed by atoms with van der Waals surface area (Å²) in [5, 5.41) is 10.8. The molecule has 0 fully saturated rings. The third-order valence-electron chi connectivity index (χ3n) is 9.42. The van der Waals surface area contributed by atoms with Crippen LogP contribution in [0, 0.1) is 0 Å². The molecular weight excluding hydrogens is 657 g/mol. The Hall–Kier alpha value is -6.87. The van der Waals surface area contributed by atoms with Gasteiger partial charge in [-0.1, -0.05) is 93.6 Å². The molecule has 0 saturated heterocycles. The number of aromatic nitrogens is 6. The molecule has 8 aromatic rings. The molecule has 4 aromatic carbocycles. The van der Waals surface area contributed by atoms with Gasteiger partial charge < -0.3 is 15.4 Å². The van der Waals surface area contributed by atoms with Crippen molar-refractivity contribution in [1.29, 1.82) is 0 Å². The maximum atomic E-state index is 12.7. The molecular formula is C44H36N8O. The lowest BCUT2D eigenvalue weighted by Crippen LogP contribution is -2.10. The van der Waals surface area contributed by atoms with E-state index in [1.165, 1.54) is 5.56 Å². The topological polar surface area (TPSA) is 118 Å². The van der Waals surface area contributed by atoms with Gasteiger partial charge in [-0.15, -0.1) is 0 Å². The zero-order chi connectivity index (χ0) is 36.4. The Balaban J connectivity index is 1.04. The summed E-state index contributed by atoms with van der Waals surface area (Å²) in [6, 6.07) is 36.1. The highest BCUT2D eigenvalue weighted by molar-refractivity contribution is 5.98. The molecule has 4 heterocycles. The first-order chi connectivity index (χ1) is 25.8. The summed E-state index contributed by atoms with van der Waals surface area (Å²) in [6.45, 7) is 6.61. The summed E-state index contributed by atoms with van der Waals surface area (Å²) in [5.74, 6) is 0.764. The number of hydrogen-bond acceptors (Lipinski definition) is 9. The number of pyridine rings is 2. The van der Waals surface area contributed by atoms with Crippen molar-refractivity contribution in [3.05, 3.63) is 157 Å². The van der Waals surface area contributed by atoms with Crippen LogP contribution in [0.2, 0.25) is 0 Å². The molecule has 0 spiro atoms. The van der Waals surface area contributed by atoms with E-state index in [1.807, 2.05) is 91.1 Å². The van der Waals surface area contributed by atoms with Crippen LogP contribution in [0.5, 0.6) is 0 Å². The third kappa shape index (κ3) is 6.92. The van der Waals surface area contributed by atoms with Gasteiger partial charge in [0, 0.05) is 74.8 Å². The van der Waals surface area contributed by atoms with Crippen LogP contribution >= 0.6 is 0 Å². The highest BCUT2D eigenvalue weighted by atomic mass is 16.1. The smallest absolute Gasteiger partial charge is 0.134 e. The number of carbonyl (C=O) groups is 1. The van der Waals surface area contributed by atoms with Gasteiger partial charge in [-0.2, -0.15) is 0 Å². The molecule has 0 amide bonds. The quantitative estimate of drug-likeness (QED) is 0.143. The van der Waals surface area contributed by atoms with Gasteiger partial charge in [-0.05, 0) is 40.8 Å². The van der Waals surface area contributed by atoms with Crippen LogP contribution in [0.4, 0.5) is 23.0 Å². The highest BCUT2D eigenvalue weighted by Crippen LogP contribution is 2.34. The predicted molar refractivity (Wildman–Crippen MR) is 212 cm³/mol. The number of fused-ring (bicyclic) bond motifs is 2. The fourth-order valence-corrected chi connectivity index (χ4v) is 6.56. The van der Waals surface area contributed by atoms with Crippen molar-refractivity contribution in [2.45, 2.75) is 32.1 Å². The van der Waals surface area contributed by atoms with Gasteiger partial charge in [0.2, 0.25) is 0 Å². The van der Waals surface area contributed by atoms with E-state index in [9.17, 15) is 4.79 Å². The van der Waals surface area contributed by atoms with Crippen LogP contribution in [-0.2, 0) is 10.2 Å². The third-order valence-corrected chi connectivity index (χ3v) is 9.42. The molecule has 0 bridgehead atoms. The van der Waals surface area contributed by atoms with Gasteiger partial charge in [-0.3, -0.25) is 9.97 Å². The van der Waals surface area contributed by atoms with E-state index in [-0.39, 0.29) is 5.41 Å². The molecule has 0 aliphatic heterocycles. The molecule has 258 valence electrons. The first-order valence-corrected chi connectivity index (χ1v) is 17.4. The normalized spacial score (nSPS) is 12.1. The fraction of sp³-hybridized carbons (Fsp3) is 0.114. The lowest BCUT2D eigenvalue weighted by Gasteiger charge is -2.19. The van der Waals surface area contributed by atoms with Gasteiger partial charge in [0.25, 0.3) is 0 Å². The molecule has 8 rings (SSSR count). The van der Waals surface area contributed by atoms with E-state index in [0.717, 1.165) is 67.3 Å². The fourth-order valence-electron chi connectivity index (χ4n) is 6.56. The standard InChI is InChI=1S/C44H36N8O/c1-44(2,3)32-16-14-30(15-17-32)40-23-42(50-27-48-40)52-38-9-5-7-35-34(38)19-21-46-43(35)36(25-53)28-10-12-29(13-11-28)39-22-41(49-26-47-39)51-37-8-4-6-31-24-45-20-18-33(31)37/h4-27,36H,1-3H3,(H,47,49,51)(H,48,50,52). The van der Waals surface area contributed by atoms with E-state index in [1.54, 1.807) is 25.0 Å². The average Bonchev–Trinajstić information content (AvgIpc) is 3.19. The summed E-state index contributed by atoms with van der Waals surface area (Å²) in [7, 11) is 0. The number of carbonyl (C=O) groups excluding carboxylic acids is 1. The molecule has 2 N–H and O–H groups in total. The minimum Gasteiger partial charge on any atom is -0.340 e. The van der Waals surface area contributed by atoms with E-state index in [0.29, 0.717) is 17.3 Å². The first kappa shape index (κ1) is 33.3. The summed E-state index contributed by atoms with van der Waals surface area (Å²) in [6.07, 6.45) is 9.43. The van der Waals surface area contributed by atoms with Crippen molar-refractivity contribution in [3.63, 3.8) is 0 Å². The van der Waals surface area contributed by atoms with E-state index in [2.05, 4.69) is 80.6 Å². The number of nitrogens with one attached hydrogen (secondary N) is 2. The molecule has 9 heteroatoms. The lowest BCUT2D eigenvalue weighted by molar-refractivity contribution is -0.108. The van der Waals surface area contributed by atoms with Gasteiger partial charge in [0.15, 0.2) is 0 Å². The SMILES string of the molecule is CC(C)(C)c1ccc(-c2cc(Nc3cccc4c(C(C=O)c5ccc(-c6cc(Nc7cccc8cnccc78)ncn6)cc5)nccc34)ncn2)cc1. The van der Waals surface area contributed by atoms with Crippen molar-refractivity contribution in [3.8, 4) is 22.5 Å². The Morgan fingerprint density at radius 3 is 1.85 bits per heavy atom. The Morgan fingerprint density at radius 1 is 0.604 bits per heavy atom. The molecule has 0 aliphatic carbocycles. The zero-order valence-electron chi connectivity index (χ0n) is 29.5. The highest BCUT2D eigenvalue weighted by Gasteiger charge is 2.20. The monoisotopic (exact) mass is 692 g/mol. The Bertz CT molecular complexity index is 2580. The van der Waals surface area contributed by atoms with E-state index in [4.69, 9.17) is 4.98 Å². The zero-order valence-corrected chi connectivity index (χ0v) is 29.5. The Kier molecular flexibility index (Phi) is 8.81. The van der Waals surface area contributed by atoms with Gasteiger partial charge in [-0.25, -0.2) is 19.9 Å². The second kappa shape index (κ2) is 14.0. The number of hydrogen-bond donors (Lipinski definition) is 2. The maximum Gasteiger partial charge on any atom is 0.134 e. The van der Waals surface area contributed by atoms with Crippen LogP contribution in [0.25, 0.3) is 44.1 Å². The van der Waals surface area contributed by atoms with E-state index >= 15 is 0 Å². The van der Waals surface area contributed by atoms with Crippen LogP contribution in [0.3, 0.4) is 0 Å². The number of anilines is 4. The minimum atomic E-state index is -0.576. The molecule has 0 saturated carbocycles. The van der Waals surface area contributed by atoms with Gasteiger partial charge >= 0.3 is 0 Å². The Morgan fingerprint density at radius 2 is 1.21 bits per heavy atom. The molecule has 1 atom stereocenters.